The first kappa shape index (κ1) is 22.5. The topological polar surface area (TPSA) is 80.3 Å². The number of nitrogens with one attached hydrogen (secondary N) is 2. The lowest BCUT2D eigenvalue weighted by molar-refractivity contribution is -0.135. The minimum atomic E-state index is -0.0560. The van der Waals surface area contributed by atoms with Gasteiger partial charge in [0.2, 0.25) is 11.8 Å². The average molecular weight is 395 g/mol. The van der Waals surface area contributed by atoms with Crippen molar-refractivity contribution in [2.75, 3.05) is 52.4 Å². The molecule has 0 bridgehead atoms. The van der Waals surface area contributed by atoms with Crippen LogP contribution in [0.2, 0.25) is 0 Å². The van der Waals surface area contributed by atoms with Gasteiger partial charge in [0.25, 0.3) is 0 Å². The Morgan fingerprint density at radius 2 is 1.61 bits per heavy atom. The fourth-order valence-corrected chi connectivity index (χ4v) is 3.76. The lowest BCUT2D eigenvalue weighted by Crippen LogP contribution is -2.57. The van der Waals surface area contributed by atoms with E-state index < -0.39 is 0 Å². The second-order valence-corrected chi connectivity index (χ2v) is 7.94. The monoisotopic (exact) mass is 394 g/mol. The van der Waals surface area contributed by atoms with Crippen LogP contribution < -0.4 is 10.6 Å². The molecule has 0 spiro atoms. The van der Waals surface area contributed by atoms with Crippen LogP contribution in [-0.4, -0.2) is 96.9 Å². The average Bonchev–Trinajstić information content (AvgIpc) is 3.20. The van der Waals surface area contributed by atoms with Crippen molar-refractivity contribution in [1.82, 2.24) is 25.3 Å². The summed E-state index contributed by atoms with van der Waals surface area (Å²) in [5, 5.41) is 6.22. The first-order valence-corrected chi connectivity index (χ1v) is 10.8. The first-order valence-electron chi connectivity index (χ1n) is 10.8. The van der Waals surface area contributed by atoms with E-state index in [4.69, 9.17) is 0 Å². The highest BCUT2D eigenvalue weighted by molar-refractivity contribution is 5.82. The number of carbonyl (C=O) groups is 2. The maximum absolute atomic E-state index is 12.6. The molecule has 2 aliphatic rings. The number of carbonyl (C=O) groups excluding carboxylic acids is 2. The number of guanidine groups is 1. The molecule has 0 aliphatic carbocycles. The van der Waals surface area contributed by atoms with Gasteiger partial charge in [0, 0.05) is 58.3 Å². The Hall–Kier alpha value is -1.83. The Balaban J connectivity index is 1.83. The molecule has 0 aromatic carbocycles. The van der Waals surface area contributed by atoms with Crippen molar-refractivity contribution in [3.05, 3.63) is 0 Å². The van der Waals surface area contributed by atoms with Crippen LogP contribution >= 0.6 is 0 Å². The molecule has 0 saturated carbocycles. The predicted octanol–water partition coefficient (Wildman–Crippen LogP) is 0.495. The molecular weight excluding hydrogens is 356 g/mol. The summed E-state index contributed by atoms with van der Waals surface area (Å²) in [6.07, 6.45) is 2.66. The number of amides is 2. The summed E-state index contributed by atoms with van der Waals surface area (Å²) in [6, 6.07) is 0.0996. The van der Waals surface area contributed by atoms with Gasteiger partial charge in [-0.1, -0.05) is 0 Å². The number of hydrogen-bond donors (Lipinski definition) is 2. The third-order valence-corrected chi connectivity index (χ3v) is 5.32. The van der Waals surface area contributed by atoms with Crippen LogP contribution in [0.1, 0.15) is 47.0 Å². The van der Waals surface area contributed by atoms with E-state index in [-0.39, 0.29) is 23.9 Å². The minimum absolute atomic E-state index is 0.0358. The lowest BCUT2D eigenvalue weighted by Gasteiger charge is -2.39. The van der Waals surface area contributed by atoms with E-state index in [0.717, 1.165) is 64.6 Å². The van der Waals surface area contributed by atoms with Gasteiger partial charge in [0.15, 0.2) is 5.96 Å². The highest BCUT2D eigenvalue weighted by atomic mass is 16.2. The van der Waals surface area contributed by atoms with Crippen molar-refractivity contribution in [2.45, 2.75) is 59.0 Å². The molecule has 1 unspecified atom stereocenters. The van der Waals surface area contributed by atoms with Crippen LogP contribution in [0.4, 0.5) is 0 Å². The van der Waals surface area contributed by atoms with Gasteiger partial charge in [-0.05, 0) is 40.5 Å². The number of piperazine rings is 1. The molecule has 0 radical (unpaired) electrons. The molecular formula is C20H38N6O2. The maximum Gasteiger partial charge on any atom is 0.239 e. The Bertz CT molecular complexity index is 537. The summed E-state index contributed by atoms with van der Waals surface area (Å²) < 4.78 is 0. The van der Waals surface area contributed by atoms with Crippen LogP contribution in [0.15, 0.2) is 4.99 Å². The molecule has 160 valence electrons. The van der Waals surface area contributed by atoms with Gasteiger partial charge in [-0.2, -0.15) is 0 Å². The van der Waals surface area contributed by atoms with E-state index in [1.165, 1.54) is 0 Å². The van der Waals surface area contributed by atoms with E-state index in [9.17, 15) is 9.59 Å². The molecule has 0 aromatic heterocycles. The normalized spacial score (nSPS) is 19.8. The molecule has 2 amide bonds. The van der Waals surface area contributed by atoms with Gasteiger partial charge in [-0.3, -0.25) is 19.5 Å². The van der Waals surface area contributed by atoms with Crippen molar-refractivity contribution in [1.29, 1.82) is 0 Å². The summed E-state index contributed by atoms with van der Waals surface area (Å²) in [7, 11) is 0. The molecule has 2 aliphatic heterocycles. The number of hydrogen-bond acceptors (Lipinski definition) is 4. The molecule has 2 heterocycles. The van der Waals surface area contributed by atoms with E-state index in [0.29, 0.717) is 13.0 Å². The molecule has 1 atom stereocenters. The molecule has 2 N–H and O–H groups in total. The second kappa shape index (κ2) is 11.2. The Morgan fingerprint density at radius 3 is 2.18 bits per heavy atom. The molecule has 2 fully saturated rings. The standard InChI is InChI=1S/C20H38N6O2/c1-5-21-20(22-9-8-18(27)23-16(2)3)26-14-12-24(13-15-26)17(4)19(28)25-10-6-7-11-25/h16-17H,5-15H2,1-4H3,(H,21,22)(H,23,27). The second-order valence-electron chi connectivity index (χ2n) is 7.94. The van der Waals surface area contributed by atoms with Gasteiger partial charge in [-0.15, -0.1) is 0 Å². The highest BCUT2D eigenvalue weighted by Crippen LogP contribution is 2.14. The molecule has 0 aromatic rings. The quantitative estimate of drug-likeness (QED) is 0.485. The summed E-state index contributed by atoms with van der Waals surface area (Å²) >= 11 is 0. The molecule has 8 nitrogen and oxygen atoms in total. The lowest BCUT2D eigenvalue weighted by atomic mass is 10.2. The summed E-state index contributed by atoms with van der Waals surface area (Å²) in [5.41, 5.74) is 0. The van der Waals surface area contributed by atoms with Crippen molar-refractivity contribution >= 4 is 17.8 Å². The summed E-state index contributed by atoms with van der Waals surface area (Å²) in [6.45, 7) is 14.4. The van der Waals surface area contributed by atoms with Gasteiger partial charge >= 0.3 is 0 Å². The van der Waals surface area contributed by atoms with Crippen LogP contribution in [-0.2, 0) is 9.59 Å². The smallest absolute Gasteiger partial charge is 0.239 e. The van der Waals surface area contributed by atoms with E-state index in [2.05, 4.69) is 25.4 Å². The SMILES string of the molecule is CCNC(=NCCC(=O)NC(C)C)N1CCN(C(C)C(=O)N2CCCC2)CC1. The van der Waals surface area contributed by atoms with Gasteiger partial charge in [0.05, 0.1) is 12.6 Å². The minimum Gasteiger partial charge on any atom is -0.357 e. The third kappa shape index (κ3) is 6.65. The van der Waals surface area contributed by atoms with Crippen molar-refractivity contribution < 1.29 is 9.59 Å². The van der Waals surface area contributed by atoms with E-state index in [1.807, 2.05) is 32.6 Å². The Labute approximate surface area is 169 Å². The number of rotatable bonds is 7. The first-order chi connectivity index (χ1) is 13.4. The Kier molecular flexibility index (Phi) is 9.02. The zero-order valence-electron chi connectivity index (χ0n) is 18.0. The number of nitrogens with zero attached hydrogens (tertiary/aromatic N) is 4. The van der Waals surface area contributed by atoms with Crippen LogP contribution in [0.5, 0.6) is 0 Å². The largest absolute Gasteiger partial charge is 0.357 e. The number of likely N-dealkylation sites (tertiary alicyclic amines) is 1. The zero-order valence-corrected chi connectivity index (χ0v) is 18.0. The fraction of sp³-hybridized carbons (Fsp3) is 0.850. The molecule has 28 heavy (non-hydrogen) atoms. The Morgan fingerprint density at radius 1 is 0.964 bits per heavy atom. The van der Waals surface area contributed by atoms with E-state index >= 15 is 0 Å². The van der Waals surface area contributed by atoms with Crippen LogP contribution in [0.25, 0.3) is 0 Å². The number of aliphatic imine (C=N–C) groups is 1. The van der Waals surface area contributed by atoms with Crippen molar-refractivity contribution in [2.24, 2.45) is 4.99 Å². The van der Waals surface area contributed by atoms with E-state index in [1.54, 1.807) is 0 Å². The van der Waals surface area contributed by atoms with Gasteiger partial charge < -0.3 is 20.4 Å². The van der Waals surface area contributed by atoms with Gasteiger partial charge in [0.1, 0.15) is 0 Å². The third-order valence-electron chi connectivity index (χ3n) is 5.32. The molecule has 2 rings (SSSR count). The fourth-order valence-electron chi connectivity index (χ4n) is 3.76. The predicted molar refractivity (Wildman–Crippen MR) is 112 cm³/mol. The van der Waals surface area contributed by atoms with Gasteiger partial charge in [-0.25, -0.2) is 0 Å². The summed E-state index contributed by atoms with van der Waals surface area (Å²) in [5.74, 6) is 1.16. The van der Waals surface area contributed by atoms with Crippen LogP contribution in [0, 0.1) is 0 Å². The maximum atomic E-state index is 12.6. The van der Waals surface area contributed by atoms with Crippen molar-refractivity contribution in [3.63, 3.8) is 0 Å². The van der Waals surface area contributed by atoms with Crippen LogP contribution in [0.3, 0.4) is 0 Å². The highest BCUT2D eigenvalue weighted by Gasteiger charge is 2.30. The zero-order chi connectivity index (χ0) is 20.5. The molecule has 8 heteroatoms. The summed E-state index contributed by atoms with van der Waals surface area (Å²) in [4.78, 5) is 35.6. The molecule has 2 saturated heterocycles. The van der Waals surface area contributed by atoms with Crippen molar-refractivity contribution in [3.8, 4) is 0 Å².